The first-order valence-electron chi connectivity index (χ1n) is 8.49. The number of nitrogens with zero attached hydrogens (tertiary/aromatic N) is 1. The second-order valence-electron chi connectivity index (χ2n) is 7.03. The maximum absolute atomic E-state index is 3.90. The Morgan fingerprint density at radius 3 is 2.71 bits per heavy atom. The molecular weight excluding hydrogens is 276 g/mol. The molecule has 1 N–H and O–H groups in total. The van der Waals surface area contributed by atoms with E-state index in [0.29, 0.717) is 0 Å². The minimum atomic E-state index is 0.738. The summed E-state index contributed by atoms with van der Waals surface area (Å²) in [5, 5.41) is 4.64. The molecule has 3 unspecified atom stereocenters. The Morgan fingerprint density at radius 1 is 1.19 bits per heavy atom. The highest BCUT2D eigenvalue weighted by Gasteiger charge is 2.36. The van der Waals surface area contributed by atoms with Crippen LogP contribution in [0.5, 0.6) is 0 Å². The van der Waals surface area contributed by atoms with Crippen LogP contribution < -0.4 is 5.32 Å². The number of nitrogens with one attached hydrogen (secondary N) is 1. The van der Waals surface area contributed by atoms with E-state index in [9.17, 15) is 0 Å². The summed E-state index contributed by atoms with van der Waals surface area (Å²) in [5.74, 6) is 0. The zero-order valence-corrected chi connectivity index (χ0v) is 13.7. The van der Waals surface area contributed by atoms with Crippen molar-refractivity contribution in [2.45, 2.75) is 66.8 Å². The fraction of sp³-hybridized carbons (Fsp3) is 0.667. The number of thioether (sulfide) groups is 1. The Balaban J connectivity index is 1.31. The molecular formula is C18H26N2S. The van der Waals surface area contributed by atoms with Gasteiger partial charge in [0.25, 0.3) is 0 Å². The highest BCUT2D eigenvalue weighted by molar-refractivity contribution is 8.00. The van der Waals surface area contributed by atoms with Crippen molar-refractivity contribution < 1.29 is 0 Å². The predicted octanol–water partition coefficient (Wildman–Crippen LogP) is 3.31. The molecule has 0 aliphatic carbocycles. The lowest BCUT2D eigenvalue weighted by Gasteiger charge is -2.47. The molecule has 3 aliphatic heterocycles. The fourth-order valence-corrected chi connectivity index (χ4v) is 5.71. The molecule has 3 heterocycles. The molecule has 21 heavy (non-hydrogen) atoms. The topological polar surface area (TPSA) is 15.3 Å². The van der Waals surface area contributed by atoms with Crippen LogP contribution in [0, 0.1) is 0 Å². The summed E-state index contributed by atoms with van der Waals surface area (Å²) in [6, 6.07) is 11.3. The lowest BCUT2D eigenvalue weighted by Crippen LogP contribution is -2.55. The maximum Gasteiger partial charge on any atom is 0.0260 e. The zero-order valence-electron chi connectivity index (χ0n) is 12.9. The van der Waals surface area contributed by atoms with Crippen LogP contribution in [0.15, 0.2) is 29.2 Å². The van der Waals surface area contributed by atoms with Gasteiger partial charge >= 0.3 is 0 Å². The van der Waals surface area contributed by atoms with E-state index < -0.39 is 0 Å². The van der Waals surface area contributed by atoms with Crippen LogP contribution in [-0.4, -0.2) is 41.9 Å². The van der Waals surface area contributed by atoms with E-state index >= 15 is 0 Å². The molecule has 0 spiro atoms. The summed E-state index contributed by atoms with van der Waals surface area (Å²) in [6.45, 7) is 1.17. The first-order valence-corrected chi connectivity index (χ1v) is 9.37. The molecule has 3 atom stereocenters. The first-order chi connectivity index (χ1) is 10.3. The average molecular weight is 302 g/mol. The second-order valence-corrected chi connectivity index (χ2v) is 8.37. The Labute approximate surface area is 132 Å². The van der Waals surface area contributed by atoms with E-state index in [1.165, 1.54) is 50.0 Å². The largest absolute Gasteiger partial charge is 0.313 e. The quantitative estimate of drug-likeness (QED) is 0.922. The van der Waals surface area contributed by atoms with Crippen molar-refractivity contribution in [3.63, 3.8) is 0 Å². The van der Waals surface area contributed by atoms with Crippen molar-refractivity contribution >= 4 is 11.8 Å². The van der Waals surface area contributed by atoms with Gasteiger partial charge in [0, 0.05) is 34.8 Å². The van der Waals surface area contributed by atoms with Crippen molar-refractivity contribution in [2.24, 2.45) is 0 Å². The minimum absolute atomic E-state index is 0.738. The molecule has 4 rings (SSSR count). The smallest absolute Gasteiger partial charge is 0.0260 e. The van der Waals surface area contributed by atoms with E-state index in [-0.39, 0.29) is 0 Å². The van der Waals surface area contributed by atoms with Crippen LogP contribution in [0.2, 0.25) is 0 Å². The molecule has 0 radical (unpaired) electrons. The molecule has 3 aliphatic rings. The molecule has 2 bridgehead atoms. The van der Waals surface area contributed by atoms with Gasteiger partial charge in [0.05, 0.1) is 0 Å². The van der Waals surface area contributed by atoms with E-state index in [2.05, 4.69) is 53.3 Å². The lowest BCUT2D eigenvalue weighted by atomic mass is 9.82. The van der Waals surface area contributed by atoms with Crippen LogP contribution in [0.4, 0.5) is 0 Å². The molecule has 2 fully saturated rings. The van der Waals surface area contributed by atoms with Gasteiger partial charge in [-0.2, -0.15) is 0 Å². The molecule has 1 aromatic rings. The number of piperidine rings is 2. The van der Waals surface area contributed by atoms with Crippen molar-refractivity contribution in [1.82, 2.24) is 10.2 Å². The molecule has 1 aromatic carbocycles. The molecule has 0 amide bonds. The Morgan fingerprint density at radius 2 is 1.95 bits per heavy atom. The lowest BCUT2D eigenvalue weighted by molar-refractivity contribution is 0.0488. The van der Waals surface area contributed by atoms with Gasteiger partial charge < -0.3 is 10.2 Å². The summed E-state index contributed by atoms with van der Waals surface area (Å²) in [6.07, 6.45) is 8.23. The second kappa shape index (κ2) is 5.94. The van der Waals surface area contributed by atoms with Crippen LogP contribution in [0.25, 0.3) is 0 Å². The van der Waals surface area contributed by atoms with Crippen LogP contribution in [0.1, 0.15) is 37.7 Å². The summed E-state index contributed by atoms with van der Waals surface area (Å²) in [7, 11) is 2.34. The summed E-state index contributed by atoms with van der Waals surface area (Å²) in [5.41, 5.74) is 1.55. The van der Waals surface area contributed by atoms with Gasteiger partial charge in [0.1, 0.15) is 0 Å². The molecule has 0 saturated carbocycles. The van der Waals surface area contributed by atoms with Gasteiger partial charge in [-0.15, -0.1) is 11.8 Å². The predicted molar refractivity (Wildman–Crippen MR) is 90.0 cm³/mol. The standard InChI is InChI=1S/C18H26N2S/c1-20-15-6-4-7-16(20)11-14(10-15)19-12-17-9-13-5-2-3-8-18(13)21-17/h2-3,5,8,14-17,19H,4,6-7,9-12H2,1H3. The van der Waals surface area contributed by atoms with Crippen LogP contribution in [0.3, 0.4) is 0 Å². The van der Waals surface area contributed by atoms with Gasteiger partial charge in [0.2, 0.25) is 0 Å². The molecule has 2 nitrogen and oxygen atoms in total. The van der Waals surface area contributed by atoms with Gasteiger partial charge in [0.15, 0.2) is 0 Å². The number of rotatable bonds is 3. The highest BCUT2D eigenvalue weighted by atomic mass is 32.2. The Hall–Kier alpha value is -0.510. The third kappa shape index (κ3) is 2.88. The minimum Gasteiger partial charge on any atom is -0.313 e. The molecule has 3 heteroatoms. The highest BCUT2D eigenvalue weighted by Crippen LogP contribution is 2.37. The normalized spacial score (nSPS) is 35.7. The first kappa shape index (κ1) is 14.1. The summed E-state index contributed by atoms with van der Waals surface area (Å²) in [4.78, 5) is 4.16. The monoisotopic (exact) mass is 302 g/mol. The summed E-state index contributed by atoms with van der Waals surface area (Å²) < 4.78 is 0. The van der Waals surface area contributed by atoms with E-state index in [0.717, 1.165) is 23.4 Å². The third-order valence-corrected chi connectivity index (χ3v) is 7.01. The number of hydrogen-bond acceptors (Lipinski definition) is 3. The van der Waals surface area contributed by atoms with Crippen molar-refractivity contribution in [1.29, 1.82) is 0 Å². The van der Waals surface area contributed by atoms with Gasteiger partial charge in [-0.1, -0.05) is 24.6 Å². The molecule has 114 valence electrons. The fourth-order valence-electron chi connectivity index (χ4n) is 4.45. The summed E-state index contributed by atoms with van der Waals surface area (Å²) >= 11 is 2.07. The number of hydrogen-bond donors (Lipinski definition) is 1. The maximum atomic E-state index is 3.90. The van der Waals surface area contributed by atoms with Crippen molar-refractivity contribution in [3.8, 4) is 0 Å². The SMILES string of the molecule is CN1C2CCCC1CC(NCC1Cc3ccccc3S1)C2. The van der Waals surface area contributed by atoms with E-state index in [1.54, 1.807) is 5.56 Å². The number of fused-ring (bicyclic) bond motifs is 3. The zero-order chi connectivity index (χ0) is 14.2. The van der Waals surface area contributed by atoms with Gasteiger partial charge in [-0.3, -0.25) is 0 Å². The van der Waals surface area contributed by atoms with Crippen molar-refractivity contribution in [2.75, 3.05) is 13.6 Å². The molecule has 2 saturated heterocycles. The molecule has 0 aromatic heterocycles. The van der Waals surface area contributed by atoms with Crippen LogP contribution in [-0.2, 0) is 6.42 Å². The van der Waals surface area contributed by atoms with Gasteiger partial charge in [-0.05, 0) is 50.8 Å². The Bertz CT molecular complexity index is 465. The van der Waals surface area contributed by atoms with Crippen molar-refractivity contribution in [3.05, 3.63) is 29.8 Å². The van der Waals surface area contributed by atoms with E-state index in [1.807, 2.05) is 0 Å². The van der Waals surface area contributed by atoms with Crippen LogP contribution >= 0.6 is 11.8 Å². The van der Waals surface area contributed by atoms with Gasteiger partial charge in [-0.25, -0.2) is 0 Å². The Kier molecular flexibility index (Phi) is 3.99. The third-order valence-electron chi connectivity index (χ3n) is 5.69. The van der Waals surface area contributed by atoms with E-state index in [4.69, 9.17) is 0 Å². The average Bonchev–Trinajstić information content (AvgIpc) is 2.88. The number of benzene rings is 1.